The molecule has 1 atom stereocenters. The molecule has 1 saturated heterocycles. The van der Waals surface area contributed by atoms with Crippen LogP contribution in [-0.2, 0) is 17.8 Å². The molecule has 1 aromatic rings. The fourth-order valence-electron chi connectivity index (χ4n) is 2.74. The van der Waals surface area contributed by atoms with E-state index in [2.05, 4.69) is 46.8 Å². The number of hydrogen-bond donors (Lipinski definition) is 1. The fourth-order valence-corrected chi connectivity index (χ4v) is 2.74. The molecule has 0 bridgehead atoms. The van der Waals surface area contributed by atoms with Gasteiger partial charge in [-0.2, -0.15) is 5.10 Å². The van der Waals surface area contributed by atoms with Crippen LogP contribution in [0.1, 0.15) is 31.7 Å². The molecule has 2 rings (SSSR count). The molecular weight excluding hydrogens is 252 g/mol. The predicted octanol–water partition coefficient (Wildman–Crippen LogP) is 1.41. The number of ether oxygens (including phenoxy) is 1. The Kier molecular flexibility index (Phi) is 6.01. The van der Waals surface area contributed by atoms with Gasteiger partial charge in [-0.3, -0.25) is 9.58 Å². The van der Waals surface area contributed by atoms with Gasteiger partial charge in [-0.1, -0.05) is 6.92 Å². The van der Waals surface area contributed by atoms with Crippen molar-refractivity contribution < 1.29 is 4.74 Å². The first-order chi connectivity index (χ1) is 9.74. The summed E-state index contributed by atoms with van der Waals surface area (Å²) in [5, 5.41) is 8.05. The number of morpholine rings is 1. The normalized spacial score (nSPS) is 20.4. The molecule has 1 N–H and O–H groups in total. The van der Waals surface area contributed by atoms with E-state index in [-0.39, 0.29) is 0 Å². The molecule has 1 fully saturated rings. The van der Waals surface area contributed by atoms with Crippen molar-refractivity contribution in [3.05, 3.63) is 17.5 Å². The summed E-state index contributed by atoms with van der Waals surface area (Å²) >= 11 is 0. The lowest BCUT2D eigenvalue weighted by Gasteiger charge is -2.35. The maximum Gasteiger partial charge on any atom is 0.0635 e. The number of aryl methyl sites for hydroxylation is 2. The van der Waals surface area contributed by atoms with E-state index < -0.39 is 0 Å². The van der Waals surface area contributed by atoms with Gasteiger partial charge in [0.15, 0.2) is 0 Å². The van der Waals surface area contributed by atoms with E-state index in [1.165, 1.54) is 12.1 Å². The zero-order valence-corrected chi connectivity index (χ0v) is 13.1. The Morgan fingerprint density at radius 3 is 3.05 bits per heavy atom. The van der Waals surface area contributed by atoms with Gasteiger partial charge in [-0.15, -0.1) is 0 Å². The molecule has 0 radical (unpaired) electrons. The molecule has 5 heteroatoms. The molecule has 5 nitrogen and oxygen atoms in total. The maximum absolute atomic E-state index is 5.64. The molecule has 1 unspecified atom stereocenters. The quantitative estimate of drug-likeness (QED) is 0.767. The van der Waals surface area contributed by atoms with Crippen LogP contribution in [0, 0.1) is 6.92 Å². The minimum absolute atomic E-state index is 0.468. The smallest absolute Gasteiger partial charge is 0.0635 e. The number of nitrogens with zero attached hydrogens (tertiary/aromatic N) is 3. The van der Waals surface area contributed by atoms with Crippen LogP contribution in [0.3, 0.4) is 0 Å². The van der Waals surface area contributed by atoms with Crippen molar-refractivity contribution in [2.24, 2.45) is 0 Å². The number of rotatable bonds is 7. The van der Waals surface area contributed by atoms with Crippen LogP contribution in [0.15, 0.2) is 6.07 Å². The van der Waals surface area contributed by atoms with E-state index in [0.717, 1.165) is 51.6 Å². The van der Waals surface area contributed by atoms with Crippen molar-refractivity contribution in [1.29, 1.82) is 0 Å². The predicted molar refractivity (Wildman–Crippen MR) is 80.8 cm³/mol. The highest BCUT2D eigenvalue weighted by Crippen LogP contribution is 2.13. The van der Waals surface area contributed by atoms with Crippen LogP contribution in [0.25, 0.3) is 0 Å². The average molecular weight is 280 g/mol. The number of hydrogen-bond acceptors (Lipinski definition) is 4. The SMILES string of the molecule is CCCNCC1COCCN1Cc1cc(C)nn1CC. The highest BCUT2D eigenvalue weighted by molar-refractivity contribution is 5.09. The van der Waals surface area contributed by atoms with E-state index in [0.29, 0.717) is 6.04 Å². The third-order valence-corrected chi connectivity index (χ3v) is 3.81. The first kappa shape index (κ1) is 15.5. The van der Waals surface area contributed by atoms with Gasteiger partial charge in [-0.05, 0) is 32.9 Å². The highest BCUT2D eigenvalue weighted by Gasteiger charge is 2.23. The Morgan fingerprint density at radius 2 is 2.30 bits per heavy atom. The van der Waals surface area contributed by atoms with Gasteiger partial charge >= 0.3 is 0 Å². The minimum Gasteiger partial charge on any atom is -0.378 e. The third-order valence-electron chi connectivity index (χ3n) is 3.81. The summed E-state index contributed by atoms with van der Waals surface area (Å²) in [6.45, 7) is 13.1. The second-order valence-electron chi connectivity index (χ2n) is 5.50. The van der Waals surface area contributed by atoms with Gasteiger partial charge in [0.2, 0.25) is 0 Å². The summed E-state index contributed by atoms with van der Waals surface area (Å²) in [7, 11) is 0. The summed E-state index contributed by atoms with van der Waals surface area (Å²) < 4.78 is 7.75. The zero-order chi connectivity index (χ0) is 14.4. The lowest BCUT2D eigenvalue weighted by Crippen LogP contribution is -2.50. The first-order valence-electron chi connectivity index (χ1n) is 7.80. The van der Waals surface area contributed by atoms with Gasteiger partial charge < -0.3 is 10.1 Å². The second kappa shape index (κ2) is 7.76. The average Bonchev–Trinajstić information content (AvgIpc) is 2.81. The fraction of sp³-hybridized carbons (Fsp3) is 0.800. The molecule has 0 spiro atoms. The molecule has 1 aliphatic rings. The van der Waals surface area contributed by atoms with Crippen LogP contribution >= 0.6 is 0 Å². The first-order valence-corrected chi connectivity index (χ1v) is 7.80. The van der Waals surface area contributed by atoms with Crippen LogP contribution in [0.2, 0.25) is 0 Å². The van der Waals surface area contributed by atoms with Crippen LogP contribution in [-0.4, -0.2) is 53.6 Å². The van der Waals surface area contributed by atoms with Crippen LogP contribution < -0.4 is 5.32 Å². The summed E-state index contributed by atoms with van der Waals surface area (Å²) in [5.74, 6) is 0. The molecule has 114 valence electrons. The van der Waals surface area contributed by atoms with E-state index >= 15 is 0 Å². The van der Waals surface area contributed by atoms with Gasteiger partial charge in [0.1, 0.15) is 0 Å². The van der Waals surface area contributed by atoms with Crippen LogP contribution in [0.5, 0.6) is 0 Å². The molecule has 0 amide bonds. The lowest BCUT2D eigenvalue weighted by atomic mass is 10.2. The van der Waals surface area contributed by atoms with E-state index in [4.69, 9.17) is 4.74 Å². The summed E-state index contributed by atoms with van der Waals surface area (Å²) in [5.41, 5.74) is 2.42. The van der Waals surface area contributed by atoms with Crippen molar-refractivity contribution in [2.45, 2.75) is 46.3 Å². The Morgan fingerprint density at radius 1 is 1.45 bits per heavy atom. The molecule has 0 aromatic carbocycles. The van der Waals surface area contributed by atoms with Gasteiger partial charge in [0, 0.05) is 32.2 Å². The molecule has 0 aliphatic carbocycles. The molecule has 20 heavy (non-hydrogen) atoms. The van der Waals surface area contributed by atoms with Crippen molar-refractivity contribution in [3.8, 4) is 0 Å². The maximum atomic E-state index is 5.64. The van der Waals surface area contributed by atoms with Crippen LogP contribution in [0.4, 0.5) is 0 Å². The third kappa shape index (κ3) is 4.04. The second-order valence-corrected chi connectivity index (χ2v) is 5.50. The molecular formula is C15H28N4O. The lowest BCUT2D eigenvalue weighted by molar-refractivity contribution is -0.0119. The summed E-state index contributed by atoms with van der Waals surface area (Å²) in [4.78, 5) is 2.52. The molecule has 2 heterocycles. The van der Waals surface area contributed by atoms with E-state index in [1.54, 1.807) is 0 Å². The van der Waals surface area contributed by atoms with E-state index in [1.807, 2.05) is 0 Å². The Hall–Kier alpha value is -0.910. The number of aromatic nitrogens is 2. The Labute approximate surface area is 122 Å². The zero-order valence-electron chi connectivity index (χ0n) is 13.1. The molecule has 0 saturated carbocycles. The van der Waals surface area contributed by atoms with Crippen molar-refractivity contribution in [1.82, 2.24) is 20.0 Å². The largest absolute Gasteiger partial charge is 0.378 e. The van der Waals surface area contributed by atoms with Gasteiger partial charge in [0.05, 0.1) is 24.6 Å². The summed E-state index contributed by atoms with van der Waals surface area (Å²) in [6, 6.07) is 2.67. The Bertz CT molecular complexity index is 405. The van der Waals surface area contributed by atoms with E-state index in [9.17, 15) is 0 Å². The molecule has 1 aliphatic heterocycles. The topological polar surface area (TPSA) is 42.3 Å². The highest BCUT2D eigenvalue weighted by atomic mass is 16.5. The molecule has 1 aromatic heterocycles. The van der Waals surface area contributed by atoms with Gasteiger partial charge in [0.25, 0.3) is 0 Å². The number of nitrogens with one attached hydrogen (secondary N) is 1. The van der Waals surface area contributed by atoms with Crippen molar-refractivity contribution in [3.63, 3.8) is 0 Å². The monoisotopic (exact) mass is 280 g/mol. The minimum atomic E-state index is 0.468. The summed E-state index contributed by atoms with van der Waals surface area (Å²) in [6.07, 6.45) is 1.18. The van der Waals surface area contributed by atoms with Gasteiger partial charge in [-0.25, -0.2) is 0 Å². The standard InChI is InChI=1S/C15H28N4O/c1-4-6-16-10-15-12-20-8-7-18(15)11-14-9-13(3)17-19(14)5-2/h9,15-16H,4-8,10-12H2,1-3H3. The Balaban J connectivity index is 1.96. The van der Waals surface area contributed by atoms with Crippen molar-refractivity contribution in [2.75, 3.05) is 32.8 Å². The van der Waals surface area contributed by atoms with Crippen molar-refractivity contribution >= 4 is 0 Å².